The number of allylic oxidation sites excluding steroid dienone is 1. The zero-order chi connectivity index (χ0) is 12.1. The molecule has 0 saturated carbocycles. The quantitative estimate of drug-likeness (QED) is 0.415. The van der Waals surface area contributed by atoms with Gasteiger partial charge in [0.25, 0.3) is 0 Å². The van der Waals surface area contributed by atoms with Crippen LogP contribution in [0.15, 0.2) is 12.2 Å². The first-order valence-electron chi connectivity index (χ1n) is 3.90. The predicted octanol–water partition coefficient (Wildman–Crippen LogP) is 0.614. The van der Waals surface area contributed by atoms with E-state index in [1.165, 1.54) is 6.07 Å². The van der Waals surface area contributed by atoms with Crippen LogP contribution in [-0.4, -0.2) is 23.7 Å². The van der Waals surface area contributed by atoms with Crippen molar-refractivity contribution in [2.24, 2.45) is 0 Å². The summed E-state index contributed by atoms with van der Waals surface area (Å²) in [7, 11) is 0. The lowest BCUT2D eigenvalue weighted by atomic mass is 10.5. The molecule has 0 amide bonds. The molecular formula is C9H10N2O4. The Hall–Kier alpha value is -2.34. The van der Waals surface area contributed by atoms with E-state index in [2.05, 4.69) is 4.74 Å². The lowest BCUT2D eigenvalue weighted by Crippen LogP contribution is -2.01. The van der Waals surface area contributed by atoms with Gasteiger partial charge in [-0.05, 0) is 6.92 Å². The van der Waals surface area contributed by atoms with Crippen LogP contribution < -0.4 is 0 Å². The van der Waals surface area contributed by atoms with Crippen LogP contribution in [0.2, 0.25) is 0 Å². The van der Waals surface area contributed by atoms with E-state index in [0.717, 1.165) is 12.2 Å². The van der Waals surface area contributed by atoms with E-state index >= 15 is 0 Å². The number of hydrogen-bond donors (Lipinski definition) is 1. The summed E-state index contributed by atoms with van der Waals surface area (Å²) in [5, 5.41) is 23.4. The number of nitrogens with zero attached hydrogens (tertiary/aromatic N) is 2. The lowest BCUT2D eigenvalue weighted by Gasteiger charge is -1.92. The molecular weight excluding hydrogens is 200 g/mol. The molecule has 0 atom stereocenters. The molecule has 0 aromatic rings. The molecule has 0 aromatic heterocycles. The van der Waals surface area contributed by atoms with Crippen LogP contribution >= 0.6 is 0 Å². The number of carboxylic acid groups (broad SMARTS) is 1. The van der Waals surface area contributed by atoms with E-state index in [-0.39, 0.29) is 6.42 Å². The molecule has 0 fully saturated rings. The van der Waals surface area contributed by atoms with Gasteiger partial charge in [-0.1, -0.05) is 0 Å². The van der Waals surface area contributed by atoms with Gasteiger partial charge >= 0.3 is 11.9 Å². The van der Waals surface area contributed by atoms with E-state index in [0.29, 0.717) is 6.61 Å². The second kappa shape index (κ2) is 11.7. The number of aliphatic carboxylic acids is 1. The summed E-state index contributed by atoms with van der Waals surface area (Å²) in [6, 6.07) is 3.22. The summed E-state index contributed by atoms with van der Waals surface area (Å²) in [6.07, 6.45) is 1.54. The highest BCUT2D eigenvalue weighted by atomic mass is 16.5. The highest BCUT2D eigenvalue weighted by Gasteiger charge is 1.95. The van der Waals surface area contributed by atoms with Gasteiger partial charge in [-0.25, -0.2) is 4.79 Å². The maximum absolute atomic E-state index is 10.2. The first-order chi connectivity index (χ1) is 7.08. The minimum Gasteiger partial charge on any atom is -0.478 e. The van der Waals surface area contributed by atoms with Gasteiger partial charge in [0, 0.05) is 12.2 Å². The van der Waals surface area contributed by atoms with Crippen molar-refractivity contribution in [3.05, 3.63) is 12.2 Å². The van der Waals surface area contributed by atoms with Crippen LogP contribution in [-0.2, 0) is 14.3 Å². The van der Waals surface area contributed by atoms with Gasteiger partial charge in [-0.15, -0.1) is 0 Å². The van der Waals surface area contributed by atoms with Crippen LogP contribution in [0.5, 0.6) is 0 Å². The van der Waals surface area contributed by atoms with Crippen molar-refractivity contribution in [3.8, 4) is 12.1 Å². The van der Waals surface area contributed by atoms with Crippen LogP contribution in [0.1, 0.15) is 13.3 Å². The smallest absolute Gasteiger partial charge is 0.329 e. The number of ether oxygens (including phenoxy) is 1. The van der Waals surface area contributed by atoms with Crippen molar-refractivity contribution in [1.29, 1.82) is 10.5 Å². The Morgan fingerprint density at radius 3 is 2.33 bits per heavy atom. The molecule has 1 N–H and O–H groups in total. The maximum Gasteiger partial charge on any atom is 0.329 e. The molecule has 0 bridgehead atoms. The third kappa shape index (κ3) is 18.5. The summed E-state index contributed by atoms with van der Waals surface area (Å²) in [5.41, 5.74) is 0. The minimum atomic E-state index is -1.10. The standard InChI is InChI=1S/C5H7NO2.C4H3NO2/c1-2-8-5(7)3-4-6;5-3-1-2-4(6)7/h2-3H2,1H3;1-2H,(H,6,7). The molecule has 0 aliphatic rings. The van der Waals surface area contributed by atoms with Gasteiger partial charge in [0.2, 0.25) is 0 Å². The molecule has 15 heavy (non-hydrogen) atoms. The molecule has 0 spiro atoms. The molecule has 6 nitrogen and oxygen atoms in total. The molecule has 0 rings (SSSR count). The molecule has 80 valence electrons. The molecule has 0 aromatic carbocycles. The fourth-order valence-electron chi connectivity index (χ4n) is 0.385. The third-order valence-corrected chi connectivity index (χ3v) is 0.829. The summed E-state index contributed by atoms with van der Waals surface area (Å²) < 4.78 is 4.42. The van der Waals surface area contributed by atoms with E-state index in [9.17, 15) is 9.59 Å². The largest absolute Gasteiger partial charge is 0.478 e. The first kappa shape index (κ1) is 15.1. The van der Waals surface area contributed by atoms with E-state index in [1.54, 1.807) is 13.0 Å². The van der Waals surface area contributed by atoms with Crippen molar-refractivity contribution in [2.75, 3.05) is 6.61 Å². The van der Waals surface area contributed by atoms with Crippen molar-refractivity contribution in [3.63, 3.8) is 0 Å². The number of carbonyl (C=O) groups is 2. The lowest BCUT2D eigenvalue weighted by molar-refractivity contribution is -0.141. The summed E-state index contributed by atoms with van der Waals surface area (Å²) >= 11 is 0. The van der Waals surface area contributed by atoms with Gasteiger partial charge in [0.1, 0.15) is 6.42 Å². The van der Waals surface area contributed by atoms with E-state index in [4.69, 9.17) is 15.6 Å². The van der Waals surface area contributed by atoms with Crippen LogP contribution in [0.3, 0.4) is 0 Å². The average Bonchev–Trinajstić information content (AvgIpc) is 2.16. The number of carboxylic acids is 1. The second-order valence-electron chi connectivity index (χ2n) is 1.94. The third-order valence-electron chi connectivity index (χ3n) is 0.829. The highest BCUT2D eigenvalue weighted by Crippen LogP contribution is 1.81. The Kier molecular flexibility index (Phi) is 11.8. The maximum atomic E-state index is 10.2. The van der Waals surface area contributed by atoms with Gasteiger partial charge < -0.3 is 9.84 Å². The Morgan fingerprint density at radius 1 is 1.47 bits per heavy atom. The summed E-state index contributed by atoms with van der Waals surface area (Å²) in [4.78, 5) is 19.7. The number of carbonyl (C=O) groups excluding carboxylic acids is 1. The molecule has 0 aliphatic carbocycles. The SMILES string of the molecule is CCOC(=O)CC#N.N#CC=CC(=O)O. The van der Waals surface area contributed by atoms with Crippen molar-refractivity contribution < 1.29 is 19.4 Å². The Balaban J connectivity index is 0. The molecule has 0 saturated heterocycles. The minimum absolute atomic E-state index is 0.145. The molecule has 0 aliphatic heterocycles. The zero-order valence-corrected chi connectivity index (χ0v) is 8.14. The summed E-state index contributed by atoms with van der Waals surface area (Å²) in [6.45, 7) is 2.05. The van der Waals surface area contributed by atoms with E-state index in [1.807, 2.05) is 0 Å². The number of esters is 1. The van der Waals surface area contributed by atoms with Crippen molar-refractivity contribution in [1.82, 2.24) is 0 Å². The molecule has 0 radical (unpaired) electrons. The number of rotatable bonds is 3. The van der Waals surface area contributed by atoms with Gasteiger partial charge in [-0.3, -0.25) is 4.79 Å². The van der Waals surface area contributed by atoms with Gasteiger partial charge in [-0.2, -0.15) is 10.5 Å². The average molecular weight is 210 g/mol. The van der Waals surface area contributed by atoms with Crippen LogP contribution in [0.25, 0.3) is 0 Å². The Morgan fingerprint density at radius 2 is 2.07 bits per heavy atom. The van der Waals surface area contributed by atoms with Crippen LogP contribution in [0, 0.1) is 22.7 Å². The first-order valence-corrected chi connectivity index (χ1v) is 3.90. The molecule has 6 heteroatoms. The Bertz CT molecular complexity index is 309. The number of nitriles is 2. The Labute approximate surface area is 87.0 Å². The highest BCUT2D eigenvalue weighted by molar-refractivity contribution is 5.80. The number of hydrogen-bond acceptors (Lipinski definition) is 5. The monoisotopic (exact) mass is 210 g/mol. The van der Waals surface area contributed by atoms with Crippen molar-refractivity contribution in [2.45, 2.75) is 13.3 Å². The summed E-state index contributed by atoms with van der Waals surface area (Å²) in [5.74, 6) is -1.54. The normalized spacial score (nSPS) is 7.93. The van der Waals surface area contributed by atoms with E-state index < -0.39 is 11.9 Å². The van der Waals surface area contributed by atoms with Gasteiger partial charge in [0.15, 0.2) is 0 Å². The fourth-order valence-corrected chi connectivity index (χ4v) is 0.385. The topological polar surface area (TPSA) is 111 Å². The molecule has 0 unspecified atom stereocenters. The zero-order valence-electron chi connectivity index (χ0n) is 8.14. The fraction of sp³-hybridized carbons (Fsp3) is 0.333. The second-order valence-corrected chi connectivity index (χ2v) is 1.94. The molecule has 0 heterocycles. The predicted molar refractivity (Wildman–Crippen MR) is 49.3 cm³/mol. The van der Waals surface area contributed by atoms with Crippen LogP contribution in [0.4, 0.5) is 0 Å². The van der Waals surface area contributed by atoms with Crippen molar-refractivity contribution >= 4 is 11.9 Å². The van der Waals surface area contributed by atoms with Gasteiger partial charge in [0.05, 0.1) is 18.7 Å².